The number of hydrogen-bond donors (Lipinski definition) is 6. The smallest absolute Gasteiger partial charge is 0.262 e. The summed E-state index contributed by atoms with van der Waals surface area (Å²) in [5.41, 5.74) is 37.3. The molecule has 28 nitrogen and oxygen atoms in total. The Morgan fingerprint density at radius 2 is 0.985 bits per heavy atom. The number of amides is 6. The highest BCUT2D eigenvalue weighted by atomic mass is 35.5. The van der Waals surface area contributed by atoms with Crippen molar-refractivity contribution in [2.75, 3.05) is 21.1 Å². The standard InChI is InChI=1S/C25H36FN5O2.C23H21ClN4O2.C23H20ClN3OS.C17H17N5O.C16H15ClN4O/c1-31-23(33)25(30-24(31)27,13-12-17-7-3-2-4-8-17)16-18-9-5-10-19(15-18)29-22(32)20-11-6-14-28-21(20)26;1-14-10-20(27-30-14)13-28-21(29)23(17-8-9-17,26-22(28)25)18-6-2-4-15(11-18)16-5-3-7-19(24)12-16;24-19-7-2-5-16(13-19)15-4-1-6-18(12-15)23(17-9-10-17)21(28)27(22(25)26-23)14-20-8-3-11-29-20;1-22-15(23)17(12-5-6-12,21-16(22)18)13-4-2-3-11(9-13)14-10-19-7-8-20-14;1-16(14(22)21(2)15(18)20-16)12-5-3-4-10(6-12)11-7-13(17)9-19-8-11/h6,11,14,17-19H,2-5,7-10,12-13,15-16H2,1H3,(H2,27,30)(H,29,32);2-7,10-12,17H,8-9,13H2,1H3,(H2,25,26);1-8,11-13,17H,9-10,14H2,(H2,25,26);2-4,7-10,12H,5-6H2,1H3,(H2,18,21);3-9H,1-2H3,(H2,18,20)/t18-,19+,25+;;;;/m0..../s1. The lowest BCUT2D eigenvalue weighted by Crippen LogP contribution is -2.45. The monoisotopic (exact) mass is 1920 g/mol. The van der Waals surface area contributed by atoms with Crippen molar-refractivity contribution in [3.8, 4) is 44.6 Å². The number of thiophene rings is 1. The van der Waals surface area contributed by atoms with Gasteiger partial charge in [0.05, 0.1) is 35.6 Å². The molecule has 5 aromatic heterocycles. The van der Waals surface area contributed by atoms with Crippen LogP contribution in [0.1, 0.15) is 171 Å². The number of nitrogens with one attached hydrogen (secondary N) is 1. The second-order valence-corrected chi connectivity index (χ2v) is 39.4. The summed E-state index contributed by atoms with van der Waals surface area (Å²) >= 11 is 20.0. The van der Waals surface area contributed by atoms with Crippen LogP contribution >= 0.6 is 46.1 Å². The van der Waals surface area contributed by atoms with Gasteiger partial charge < -0.3 is 38.5 Å². The predicted molar refractivity (Wildman–Crippen MR) is 530 cm³/mol. The number of benzene rings is 6. The van der Waals surface area contributed by atoms with Crippen molar-refractivity contribution in [1.29, 1.82) is 0 Å². The summed E-state index contributed by atoms with van der Waals surface area (Å²) in [6, 6.07) is 57.5. The lowest BCUT2D eigenvalue weighted by molar-refractivity contribution is -0.133. The molecule has 4 unspecified atom stereocenters. The lowest BCUT2D eigenvalue weighted by Gasteiger charge is -2.35. The molecule has 10 aliphatic rings. The molecular weight excluding hydrogens is 1810 g/mol. The van der Waals surface area contributed by atoms with Crippen molar-refractivity contribution >= 4 is 111 Å². The first-order valence-electron chi connectivity index (χ1n) is 46.4. The Kier molecular flexibility index (Phi) is 27.9. The van der Waals surface area contributed by atoms with E-state index in [1.165, 1.54) is 64.0 Å². The molecule has 5 fully saturated rings. The van der Waals surface area contributed by atoms with Crippen LogP contribution in [0.4, 0.5) is 4.39 Å². The number of halogens is 4. The molecule has 6 aromatic carbocycles. The topological polar surface area (TPSA) is 400 Å². The highest BCUT2D eigenvalue weighted by molar-refractivity contribution is 7.09. The summed E-state index contributed by atoms with van der Waals surface area (Å²) in [5.74, 6) is 1.99. The second kappa shape index (κ2) is 40.1. The number of nitrogens with zero attached hydrogens (tertiary/aromatic N) is 15. The maximum Gasteiger partial charge on any atom is 0.262 e. The molecule has 0 spiro atoms. The van der Waals surface area contributed by atoms with Crippen LogP contribution in [-0.4, -0.2) is 148 Å². The highest BCUT2D eigenvalue weighted by Gasteiger charge is 2.61. The van der Waals surface area contributed by atoms with Gasteiger partial charge in [-0.15, -0.1) is 11.3 Å². The molecule has 11 N–H and O–H groups in total. The first-order chi connectivity index (χ1) is 66.0. The number of aliphatic imine (C=N–C) groups is 5. The van der Waals surface area contributed by atoms with E-state index in [4.69, 9.17) is 83.0 Å². The van der Waals surface area contributed by atoms with E-state index in [0.717, 1.165) is 149 Å². The van der Waals surface area contributed by atoms with Crippen molar-refractivity contribution in [2.45, 2.75) is 176 Å². The lowest BCUT2D eigenvalue weighted by atomic mass is 9.74. The fourth-order valence-electron chi connectivity index (χ4n) is 20.0. The zero-order chi connectivity index (χ0) is 96.2. The van der Waals surface area contributed by atoms with Crippen LogP contribution in [0.25, 0.3) is 44.6 Å². The first-order valence-corrected chi connectivity index (χ1v) is 48.4. The molecule has 33 heteroatoms. The molecule has 5 aliphatic carbocycles. The molecule has 5 aliphatic heterocycles. The van der Waals surface area contributed by atoms with Gasteiger partial charge in [-0.25, -0.2) is 29.9 Å². The summed E-state index contributed by atoms with van der Waals surface area (Å²) in [6.07, 6.45) is 27.8. The van der Waals surface area contributed by atoms with Gasteiger partial charge in [0, 0.05) is 90.3 Å². The average molecular weight is 1920 g/mol. The summed E-state index contributed by atoms with van der Waals surface area (Å²) in [7, 11) is 5.00. The van der Waals surface area contributed by atoms with Gasteiger partial charge >= 0.3 is 0 Å². The normalized spacial score (nSPS) is 23.5. The molecule has 137 heavy (non-hydrogen) atoms. The number of rotatable bonds is 22. The van der Waals surface area contributed by atoms with Gasteiger partial charge in [-0.2, -0.15) is 4.39 Å². The summed E-state index contributed by atoms with van der Waals surface area (Å²) in [6.45, 7) is 4.29. The van der Waals surface area contributed by atoms with Crippen LogP contribution in [0.5, 0.6) is 0 Å². The third kappa shape index (κ3) is 20.0. The largest absolute Gasteiger partial charge is 0.369 e. The van der Waals surface area contributed by atoms with Crippen LogP contribution in [0.15, 0.2) is 254 Å². The van der Waals surface area contributed by atoms with Crippen molar-refractivity contribution in [2.24, 2.45) is 83.2 Å². The van der Waals surface area contributed by atoms with Gasteiger partial charge in [0.15, 0.2) is 52.0 Å². The minimum Gasteiger partial charge on any atom is -0.369 e. The minimum absolute atomic E-state index is 0.000556. The number of nitrogens with two attached hydrogens (primary N) is 5. The molecule has 7 atom stereocenters. The zero-order valence-corrected chi connectivity index (χ0v) is 79.9. The van der Waals surface area contributed by atoms with Crippen LogP contribution in [0, 0.1) is 42.5 Å². The number of aryl methyl sites for hydroxylation is 1. The maximum atomic E-state index is 13.9. The van der Waals surface area contributed by atoms with Crippen molar-refractivity contribution in [3.05, 3.63) is 290 Å². The predicted octanol–water partition coefficient (Wildman–Crippen LogP) is 17.0. The van der Waals surface area contributed by atoms with E-state index in [9.17, 15) is 33.2 Å². The molecule has 0 radical (unpaired) electrons. The number of aromatic nitrogens is 5. The number of pyridine rings is 2. The molecule has 5 saturated carbocycles. The van der Waals surface area contributed by atoms with Gasteiger partial charge in [0.25, 0.3) is 35.4 Å². The van der Waals surface area contributed by atoms with Crippen molar-refractivity contribution in [3.63, 3.8) is 0 Å². The van der Waals surface area contributed by atoms with Gasteiger partial charge in [-0.1, -0.05) is 188 Å². The third-order valence-corrected chi connectivity index (χ3v) is 29.2. The number of guanidine groups is 5. The molecule has 0 saturated heterocycles. The van der Waals surface area contributed by atoms with E-state index in [0.29, 0.717) is 57.3 Å². The highest BCUT2D eigenvalue weighted by Crippen LogP contribution is 2.56. The van der Waals surface area contributed by atoms with E-state index in [-0.39, 0.29) is 89.2 Å². The summed E-state index contributed by atoms with van der Waals surface area (Å²) in [5, 5.41) is 10.9. The minimum atomic E-state index is -0.999. The number of carbonyl (C=O) groups excluding carboxylic acids is 6. The third-order valence-electron chi connectivity index (χ3n) is 27.7. The van der Waals surface area contributed by atoms with Gasteiger partial charge in [-0.3, -0.25) is 68.2 Å². The Balaban J connectivity index is 0.000000120. The number of hydrogen-bond acceptors (Lipinski definition) is 23. The summed E-state index contributed by atoms with van der Waals surface area (Å²) in [4.78, 5) is 126. The fraction of sp³-hybridized carbons (Fsp3) is 0.346. The van der Waals surface area contributed by atoms with Crippen molar-refractivity contribution in [1.82, 2.24) is 54.9 Å². The van der Waals surface area contributed by atoms with Crippen LogP contribution < -0.4 is 34.0 Å². The van der Waals surface area contributed by atoms with Gasteiger partial charge in [-0.05, 0) is 242 Å². The SMILES string of the molecule is CN1C(=O)C(C)(c2cccc(-c3cncc(Cl)c3)c2)N=C1N.CN1C(=O)C(c2cccc(-c3cnccn3)c2)(C2CC2)N=C1N.CN1C(=O)[C@@](CCC2CCCCC2)(C[C@H]2CCC[C@@H](NC(=O)c3cccnc3F)C2)N=C1N.Cc1cc(CN2C(=O)C(c3cccc(-c4cccc(Cl)c4)c3)(C3CC3)N=C2N)no1.NC1=NC(c2cccc(-c3cccc(Cl)c3)c2)(C2CC2)C(=O)N1Cc1cccs1. The zero-order valence-electron chi connectivity index (χ0n) is 76.8. The van der Waals surface area contributed by atoms with E-state index in [1.807, 2.05) is 170 Å². The van der Waals surface area contributed by atoms with E-state index in [1.54, 1.807) is 87.4 Å². The number of carbonyl (C=O) groups is 6. The first kappa shape index (κ1) is 95.3. The Morgan fingerprint density at radius 3 is 1.50 bits per heavy atom. The molecule has 0 bridgehead atoms. The van der Waals surface area contributed by atoms with Crippen LogP contribution in [0.2, 0.25) is 15.1 Å². The molecule has 10 heterocycles. The molecule has 21 rings (SSSR count). The van der Waals surface area contributed by atoms with E-state index >= 15 is 0 Å². The van der Waals surface area contributed by atoms with E-state index < -0.39 is 39.5 Å². The molecule has 6 amide bonds. The summed E-state index contributed by atoms with van der Waals surface area (Å²) < 4.78 is 19.0. The second-order valence-electron chi connectivity index (χ2n) is 37.1. The Hall–Kier alpha value is -13.4. The Bertz CT molecular complexity index is 6560. The van der Waals surface area contributed by atoms with Gasteiger partial charge in [0.2, 0.25) is 5.95 Å². The maximum absolute atomic E-state index is 13.9. The van der Waals surface area contributed by atoms with Crippen molar-refractivity contribution < 1.29 is 37.7 Å². The molecule has 706 valence electrons. The Morgan fingerprint density at radius 1 is 0.474 bits per heavy atom. The van der Waals surface area contributed by atoms with Crippen LogP contribution in [-0.2, 0) is 59.2 Å². The Labute approximate surface area is 813 Å². The fourth-order valence-corrected chi connectivity index (χ4v) is 21.3. The van der Waals surface area contributed by atoms with Gasteiger partial charge in [0.1, 0.15) is 17.0 Å². The van der Waals surface area contributed by atoms with E-state index in [2.05, 4.69) is 46.5 Å². The van der Waals surface area contributed by atoms with Crippen LogP contribution in [0.3, 0.4) is 0 Å². The molecular formula is C104H109Cl3FN21O7S. The quantitative estimate of drug-likeness (QED) is 0.0343. The average Bonchev–Trinajstić information content (AvgIpc) is 1.57. The molecule has 11 aromatic rings. The number of likely N-dealkylation sites (N-methyl/N-ethyl adjacent to an activating group) is 3.